The van der Waals surface area contributed by atoms with Crippen molar-refractivity contribution in [1.82, 2.24) is 0 Å². The molecule has 0 unspecified atom stereocenters. The predicted molar refractivity (Wildman–Crippen MR) is 118 cm³/mol. The molecule has 0 fully saturated rings. The van der Waals surface area contributed by atoms with E-state index in [0.29, 0.717) is 0 Å². The van der Waals surface area contributed by atoms with E-state index in [1.165, 1.54) is 0 Å². The minimum atomic E-state index is -0.741. The van der Waals surface area contributed by atoms with Crippen LogP contribution in [0.15, 0.2) is 122 Å². The topological polar surface area (TPSA) is 26.0 Å². The molecule has 0 aliphatic carbocycles. The molecule has 0 saturated heterocycles. The molecule has 1 heteroatoms. The van der Waals surface area contributed by atoms with Gasteiger partial charge in [0.05, 0.1) is 5.54 Å². The second-order valence-corrected chi connectivity index (χ2v) is 6.97. The van der Waals surface area contributed by atoms with Gasteiger partial charge in [-0.15, -0.1) is 0 Å². The Kier molecular flexibility index (Phi) is 4.92. The molecule has 4 aromatic carbocycles. The molecule has 0 atom stereocenters. The maximum atomic E-state index is 7.14. The summed E-state index contributed by atoms with van der Waals surface area (Å²) in [5.74, 6) is 0. The van der Waals surface area contributed by atoms with Crippen molar-refractivity contribution in [3.8, 4) is 0 Å². The summed E-state index contributed by atoms with van der Waals surface area (Å²) in [5, 5.41) is 0. The standard InChI is InChI=1S/C27H23N/c1-21(22-12-5-2-6-13-22)23-14-11-19-26(20-23)27(28,24-15-7-3-8-16-24)25-17-9-4-10-18-25/h2-20H,1,28H2. The van der Waals surface area contributed by atoms with Crippen LogP contribution < -0.4 is 5.73 Å². The summed E-state index contributed by atoms with van der Waals surface area (Å²) in [7, 11) is 0. The van der Waals surface area contributed by atoms with Crippen LogP contribution in [0, 0.1) is 0 Å². The van der Waals surface area contributed by atoms with Crippen LogP contribution in [-0.2, 0) is 5.54 Å². The van der Waals surface area contributed by atoms with Crippen molar-refractivity contribution in [2.24, 2.45) is 5.73 Å². The van der Waals surface area contributed by atoms with Gasteiger partial charge in [-0.25, -0.2) is 0 Å². The van der Waals surface area contributed by atoms with Gasteiger partial charge >= 0.3 is 0 Å². The first kappa shape index (κ1) is 18.0. The van der Waals surface area contributed by atoms with Crippen molar-refractivity contribution in [3.05, 3.63) is 150 Å². The van der Waals surface area contributed by atoms with Gasteiger partial charge in [0.25, 0.3) is 0 Å². The Hall–Kier alpha value is -3.42. The first-order chi connectivity index (χ1) is 13.7. The van der Waals surface area contributed by atoms with Gasteiger partial charge in [0.2, 0.25) is 0 Å². The number of benzene rings is 4. The molecule has 0 aromatic heterocycles. The van der Waals surface area contributed by atoms with Crippen LogP contribution >= 0.6 is 0 Å². The van der Waals surface area contributed by atoms with Crippen LogP contribution in [0.25, 0.3) is 5.57 Å². The average Bonchev–Trinajstić information content (AvgIpc) is 2.80. The Bertz CT molecular complexity index is 1030. The van der Waals surface area contributed by atoms with Crippen molar-refractivity contribution in [3.63, 3.8) is 0 Å². The number of nitrogens with two attached hydrogens (primary N) is 1. The molecule has 0 aliphatic heterocycles. The highest BCUT2D eigenvalue weighted by atomic mass is 14.7. The molecular formula is C27H23N. The van der Waals surface area contributed by atoms with E-state index in [4.69, 9.17) is 5.73 Å². The van der Waals surface area contributed by atoms with E-state index in [0.717, 1.165) is 33.4 Å². The maximum Gasteiger partial charge on any atom is 0.0923 e. The Morgan fingerprint density at radius 2 is 0.964 bits per heavy atom. The Morgan fingerprint density at radius 1 is 0.536 bits per heavy atom. The summed E-state index contributed by atoms with van der Waals surface area (Å²) in [6.45, 7) is 4.32. The van der Waals surface area contributed by atoms with Crippen molar-refractivity contribution in [2.75, 3.05) is 0 Å². The van der Waals surface area contributed by atoms with Crippen molar-refractivity contribution in [1.29, 1.82) is 0 Å². The second-order valence-electron chi connectivity index (χ2n) is 6.97. The molecule has 0 saturated carbocycles. The third-order valence-electron chi connectivity index (χ3n) is 5.25. The average molecular weight is 361 g/mol. The van der Waals surface area contributed by atoms with E-state index < -0.39 is 5.54 Å². The van der Waals surface area contributed by atoms with Crippen molar-refractivity contribution >= 4 is 5.57 Å². The summed E-state index contributed by atoms with van der Waals surface area (Å²) < 4.78 is 0. The van der Waals surface area contributed by atoms with Gasteiger partial charge in [0.15, 0.2) is 0 Å². The molecule has 0 heterocycles. The normalized spacial score (nSPS) is 11.2. The number of rotatable bonds is 5. The highest BCUT2D eigenvalue weighted by molar-refractivity contribution is 5.78. The molecule has 0 spiro atoms. The molecule has 0 radical (unpaired) electrons. The van der Waals surface area contributed by atoms with Crippen molar-refractivity contribution < 1.29 is 0 Å². The van der Waals surface area contributed by atoms with Gasteiger partial charge in [-0.05, 0) is 39.5 Å². The van der Waals surface area contributed by atoms with Gasteiger partial charge in [0.1, 0.15) is 0 Å². The third-order valence-corrected chi connectivity index (χ3v) is 5.25. The molecule has 4 aromatic rings. The fraction of sp³-hybridized carbons (Fsp3) is 0.0370. The molecule has 0 amide bonds. The summed E-state index contributed by atoms with van der Waals surface area (Å²) in [6.07, 6.45) is 0. The highest BCUT2D eigenvalue weighted by Crippen LogP contribution is 2.35. The van der Waals surface area contributed by atoms with E-state index in [9.17, 15) is 0 Å². The molecule has 4 rings (SSSR count). The Morgan fingerprint density at radius 3 is 1.50 bits per heavy atom. The largest absolute Gasteiger partial charge is 0.314 e. The second kappa shape index (κ2) is 7.67. The lowest BCUT2D eigenvalue weighted by Gasteiger charge is -2.32. The van der Waals surface area contributed by atoms with Crippen LogP contribution in [0.4, 0.5) is 0 Å². The fourth-order valence-corrected chi connectivity index (χ4v) is 3.66. The molecule has 28 heavy (non-hydrogen) atoms. The van der Waals surface area contributed by atoms with E-state index in [1.807, 2.05) is 54.6 Å². The van der Waals surface area contributed by atoms with Crippen LogP contribution in [0.2, 0.25) is 0 Å². The SMILES string of the molecule is C=C(c1ccccc1)c1cccc(C(N)(c2ccccc2)c2ccccc2)c1. The van der Waals surface area contributed by atoms with Gasteiger partial charge in [-0.1, -0.05) is 116 Å². The Balaban J connectivity index is 1.86. The van der Waals surface area contributed by atoms with E-state index in [2.05, 4.69) is 67.2 Å². The highest BCUT2D eigenvalue weighted by Gasteiger charge is 2.31. The fourth-order valence-electron chi connectivity index (χ4n) is 3.66. The van der Waals surface area contributed by atoms with Crippen molar-refractivity contribution in [2.45, 2.75) is 5.54 Å². The van der Waals surface area contributed by atoms with E-state index in [-0.39, 0.29) is 0 Å². The predicted octanol–water partition coefficient (Wildman–Crippen LogP) is 6.00. The molecule has 136 valence electrons. The summed E-state index contributed by atoms with van der Waals surface area (Å²) in [4.78, 5) is 0. The van der Waals surface area contributed by atoms with E-state index >= 15 is 0 Å². The van der Waals surface area contributed by atoms with Crippen LogP contribution in [0.3, 0.4) is 0 Å². The van der Waals surface area contributed by atoms with Gasteiger partial charge in [0, 0.05) is 0 Å². The smallest absolute Gasteiger partial charge is 0.0923 e. The zero-order valence-corrected chi connectivity index (χ0v) is 15.8. The molecular weight excluding hydrogens is 338 g/mol. The Labute approximate surface area is 166 Å². The van der Waals surface area contributed by atoms with Crippen LogP contribution in [-0.4, -0.2) is 0 Å². The van der Waals surface area contributed by atoms with Gasteiger partial charge in [-0.3, -0.25) is 0 Å². The molecule has 0 aliphatic rings. The van der Waals surface area contributed by atoms with Gasteiger partial charge < -0.3 is 5.73 Å². The minimum Gasteiger partial charge on any atom is -0.314 e. The van der Waals surface area contributed by atoms with Crippen LogP contribution in [0.5, 0.6) is 0 Å². The van der Waals surface area contributed by atoms with E-state index in [1.54, 1.807) is 0 Å². The first-order valence-corrected chi connectivity index (χ1v) is 9.45. The lowest BCUT2D eigenvalue weighted by atomic mass is 9.77. The summed E-state index contributed by atoms with van der Waals surface area (Å²) in [5.41, 5.74) is 12.7. The van der Waals surface area contributed by atoms with Crippen LogP contribution in [0.1, 0.15) is 27.8 Å². The maximum absolute atomic E-state index is 7.14. The molecule has 1 nitrogen and oxygen atoms in total. The summed E-state index contributed by atoms with van der Waals surface area (Å²) in [6, 6.07) is 39.2. The summed E-state index contributed by atoms with van der Waals surface area (Å²) >= 11 is 0. The number of hydrogen-bond donors (Lipinski definition) is 1. The lowest BCUT2D eigenvalue weighted by molar-refractivity contribution is 0.652. The third kappa shape index (κ3) is 3.28. The minimum absolute atomic E-state index is 0.741. The number of hydrogen-bond acceptors (Lipinski definition) is 1. The zero-order valence-electron chi connectivity index (χ0n) is 15.8. The molecule has 0 bridgehead atoms. The lowest BCUT2D eigenvalue weighted by Crippen LogP contribution is -2.39. The monoisotopic (exact) mass is 361 g/mol. The molecule has 2 N–H and O–H groups in total. The quantitative estimate of drug-likeness (QED) is 0.434. The zero-order chi connectivity index (χ0) is 19.4. The van der Waals surface area contributed by atoms with Gasteiger partial charge in [-0.2, -0.15) is 0 Å². The first-order valence-electron chi connectivity index (χ1n) is 9.45.